The standard InChI is InChI=1S/C21H22N2O5S/c24-21(18-6-7-19-20(16-18)28-14-13-27-19)22-9-11-23(12-10-22)29(25,26)15-8-17-4-2-1-3-5-17/h1-8,15-16H,9-14H2/b15-8+. The molecule has 2 aromatic rings. The zero-order valence-corrected chi connectivity index (χ0v) is 16.7. The summed E-state index contributed by atoms with van der Waals surface area (Å²) in [6, 6.07) is 14.4. The van der Waals surface area contributed by atoms with Crippen molar-refractivity contribution in [3.8, 4) is 11.5 Å². The SMILES string of the molecule is O=C(c1ccc2c(c1)OCCO2)N1CCN(S(=O)(=O)/C=C/c2ccccc2)CC1. The van der Waals surface area contributed by atoms with E-state index in [9.17, 15) is 13.2 Å². The Morgan fingerprint density at radius 3 is 2.31 bits per heavy atom. The number of rotatable bonds is 4. The molecule has 0 unspecified atom stereocenters. The Bertz CT molecular complexity index is 1010. The Hall–Kier alpha value is -2.84. The molecule has 7 nitrogen and oxygen atoms in total. The first-order chi connectivity index (χ1) is 14.0. The van der Waals surface area contributed by atoms with Gasteiger partial charge in [0.1, 0.15) is 13.2 Å². The Morgan fingerprint density at radius 2 is 1.59 bits per heavy atom. The van der Waals surface area contributed by atoms with Gasteiger partial charge < -0.3 is 14.4 Å². The second kappa shape index (κ2) is 8.26. The maximum atomic E-state index is 12.8. The number of sulfonamides is 1. The number of hydrogen-bond donors (Lipinski definition) is 0. The summed E-state index contributed by atoms with van der Waals surface area (Å²) in [6.45, 7) is 2.15. The fraction of sp³-hybridized carbons (Fsp3) is 0.286. The molecular formula is C21H22N2O5S. The third kappa shape index (κ3) is 4.44. The van der Waals surface area contributed by atoms with Crippen LogP contribution in [-0.2, 0) is 10.0 Å². The maximum Gasteiger partial charge on any atom is 0.254 e. The summed E-state index contributed by atoms with van der Waals surface area (Å²) in [5, 5.41) is 1.22. The number of nitrogens with zero attached hydrogens (tertiary/aromatic N) is 2. The molecule has 2 aliphatic rings. The van der Waals surface area contributed by atoms with E-state index in [1.54, 1.807) is 29.2 Å². The second-order valence-corrected chi connectivity index (χ2v) is 8.63. The molecule has 0 aromatic heterocycles. The summed E-state index contributed by atoms with van der Waals surface area (Å²) in [6.07, 6.45) is 1.59. The molecule has 29 heavy (non-hydrogen) atoms. The average molecular weight is 414 g/mol. The summed E-state index contributed by atoms with van der Waals surface area (Å²) in [7, 11) is -3.53. The number of benzene rings is 2. The summed E-state index contributed by atoms with van der Waals surface area (Å²) < 4.78 is 37.6. The largest absolute Gasteiger partial charge is 0.486 e. The molecule has 4 rings (SSSR count). The van der Waals surface area contributed by atoms with Gasteiger partial charge in [0.2, 0.25) is 10.0 Å². The minimum absolute atomic E-state index is 0.140. The van der Waals surface area contributed by atoms with Gasteiger partial charge in [0.05, 0.1) is 0 Å². The van der Waals surface area contributed by atoms with Crippen LogP contribution in [0.3, 0.4) is 0 Å². The van der Waals surface area contributed by atoms with Crippen molar-refractivity contribution in [3.05, 3.63) is 65.1 Å². The molecule has 1 saturated heterocycles. The molecule has 1 fully saturated rings. The predicted octanol–water partition coefficient (Wildman–Crippen LogP) is 2.22. The van der Waals surface area contributed by atoms with Gasteiger partial charge in [0.15, 0.2) is 11.5 Å². The molecule has 1 amide bonds. The van der Waals surface area contributed by atoms with Crippen LogP contribution in [0.2, 0.25) is 0 Å². The average Bonchev–Trinajstić information content (AvgIpc) is 2.78. The van der Waals surface area contributed by atoms with Crippen LogP contribution in [0.25, 0.3) is 6.08 Å². The quantitative estimate of drug-likeness (QED) is 0.767. The summed E-state index contributed by atoms with van der Waals surface area (Å²) in [4.78, 5) is 14.5. The van der Waals surface area contributed by atoms with Crippen molar-refractivity contribution >= 4 is 22.0 Å². The zero-order chi connectivity index (χ0) is 20.3. The van der Waals surface area contributed by atoms with E-state index >= 15 is 0 Å². The Morgan fingerprint density at radius 1 is 0.897 bits per heavy atom. The highest BCUT2D eigenvalue weighted by Gasteiger charge is 2.28. The van der Waals surface area contributed by atoms with Crippen molar-refractivity contribution < 1.29 is 22.7 Å². The van der Waals surface area contributed by atoms with Gasteiger partial charge in [0.25, 0.3) is 5.91 Å². The van der Waals surface area contributed by atoms with Crippen molar-refractivity contribution in [1.29, 1.82) is 0 Å². The molecule has 2 aromatic carbocycles. The lowest BCUT2D eigenvalue weighted by Crippen LogP contribution is -2.50. The molecule has 2 heterocycles. The van der Waals surface area contributed by atoms with Crippen molar-refractivity contribution in [2.75, 3.05) is 39.4 Å². The van der Waals surface area contributed by atoms with E-state index in [1.807, 2.05) is 30.3 Å². The van der Waals surface area contributed by atoms with Gasteiger partial charge in [0, 0.05) is 37.2 Å². The van der Waals surface area contributed by atoms with E-state index < -0.39 is 10.0 Å². The molecule has 0 N–H and O–H groups in total. The molecule has 0 spiro atoms. The van der Waals surface area contributed by atoms with E-state index in [1.165, 1.54) is 9.71 Å². The maximum absolute atomic E-state index is 12.8. The third-order valence-electron chi connectivity index (χ3n) is 4.91. The number of amides is 1. The first-order valence-electron chi connectivity index (χ1n) is 9.45. The van der Waals surface area contributed by atoms with E-state index in [0.29, 0.717) is 43.4 Å². The van der Waals surface area contributed by atoms with Gasteiger partial charge in [-0.1, -0.05) is 30.3 Å². The molecule has 8 heteroatoms. The zero-order valence-electron chi connectivity index (χ0n) is 15.9. The topological polar surface area (TPSA) is 76.2 Å². The van der Waals surface area contributed by atoms with Gasteiger partial charge in [-0.05, 0) is 29.8 Å². The molecular weight excluding hydrogens is 392 g/mol. The number of fused-ring (bicyclic) bond motifs is 1. The Balaban J connectivity index is 1.38. The minimum Gasteiger partial charge on any atom is -0.486 e. The number of ether oxygens (including phenoxy) is 2. The van der Waals surface area contributed by atoms with E-state index in [4.69, 9.17) is 9.47 Å². The molecule has 2 aliphatic heterocycles. The van der Waals surface area contributed by atoms with E-state index in [-0.39, 0.29) is 19.0 Å². The minimum atomic E-state index is -3.53. The fourth-order valence-electron chi connectivity index (χ4n) is 3.32. The van der Waals surface area contributed by atoms with Gasteiger partial charge in [-0.3, -0.25) is 4.79 Å². The predicted molar refractivity (Wildman–Crippen MR) is 109 cm³/mol. The molecule has 0 radical (unpaired) electrons. The molecule has 152 valence electrons. The number of piperazine rings is 1. The van der Waals surface area contributed by atoms with Gasteiger partial charge in [-0.15, -0.1) is 0 Å². The highest BCUT2D eigenvalue weighted by Crippen LogP contribution is 2.31. The smallest absolute Gasteiger partial charge is 0.254 e. The van der Waals surface area contributed by atoms with Crippen LogP contribution in [0.15, 0.2) is 53.9 Å². The van der Waals surface area contributed by atoms with Crippen LogP contribution >= 0.6 is 0 Å². The molecule has 0 atom stereocenters. The number of carbonyl (C=O) groups is 1. The highest BCUT2D eigenvalue weighted by molar-refractivity contribution is 7.92. The monoisotopic (exact) mass is 414 g/mol. The normalized spacial score (nSPS) is 17.4. The molecule has 0 saturated carbocycles. The van der Waals surface area contributed by atoms with Crippen molar-refractivity contribution in [3.63, 3.8) is 0 Å². The molecule has 0 aliphatic carbocycles. The van der Waals surface area contributed by atoms with Gasteiger partial charge in [-0.25, -0.2) is 8.42 Å². The number of carbonyl (C=O) groups excluding carboxylic acids is 1. The van der Waals surface area contributed by atoms with Gasteiger partial charge in [-0.2, -0.15) is 4.31 Å². The number of hydrogen-bond acceptors (Lipinski definition) is 5. The van der Waals surface area contributed by atoms with Crippen LogP contribution in [0.4, 0.5) is 0 Å². The Kier molecular flexibility index (Phi) is 5.55. The summed E-state index contributed by atoms with van der Waals surface area (Å²) in [5.41, 5.74) is 1.33. The lowest BCUT2D eigenvalue weighted by molar-refractivity contribution is 0.0697. The Labute approximate surface area is 170 Å². The first kappa shape index (κ1) is 19.5. The first-order valence-corrected chi connectivity index (χ1v) is 11.0. The third-order valence-corrected chi connectivity index (χ3v) is 6.47. The second-order valence-electron chi connectivity index (χ2n) is 6.81. The molecule has 0 bridgehead atoms. The van der Waals surface area contributed by atoms with Crippen LogP contribution < -0.4 is 9.47 Å². The fourth-order valence-corrected chi connectivity index (χ4v) is 4.49. The van der Waals surface area contributed by atoms with Crippen LogP contribution in [-0.4, -0.2) is 62.9 Å². The van der Waals surface area contributed by atoms with Crippen LogP contribution in [0, 0.1) is 0 Å². The summed E-state index contributed by atoms with van der Waals surface area (Å²) in [5.74, 6) is 1.06. The summed E-state index contributed by atoms with van der Waals surface area (Å²) >= 11 is 0. The van der Waals surface area contributed by atoms with E-state index in [0.717, 1.165) is 5.56 Å². The van der Waals surface area contributed by atoms with E-state index in [2.05, 4.69) is 0 Å². The van der Waals surface area contributed by atoms with Crippen molar-refractivity contribution in [2.45, 2.75) is 0 Å². The van der Waals surface area contributed by atoms with Crippen LogP contribution in [0.1, 0.15) is 15.9 Å². The lowest BCUT2D eigenvalue weighted by Gasteiger charge is -2.33. The lowest BCUT2D eigenvalue weighted by atomic mass is 10.1. The van der Waals surface area contributed by atoms with Crippen molar-refractivity contribution in [1.82, 2.24) is 9.21 Å². The van der Waals surface area contributed by atoms with Gasteiger partial charge >= 0.3 is 0 Å². The van der Waals surface area contributed by atoms with Crippen molar-refractivity contribution in [2.24, 2.45) is 0 Å². The van der Waals surface area contributed by atoms with Crippen LogP contribution in [0.5, 0.6) is 11.5 Å². The highest BCUT2D eigenvalue weighted by atomic mass is 32.2.